The minimum absolute atomic E-state index is 0.187. The number of carbonyl (C=O) groups excluding carboxylic acids is 1. The van der Waals surface area contributed by atoms with Crippen molar-refractivity contribution in [3.8, 4) is 5.69 Å². The van der Waals surface area contributed by atoms with Crippen molar-refractivity contribution in [1.82, 2.24) is 24.7 Å². The highest BCUT2D eigenvalue weighted by atomic mass is 19.4. The maximum atomic E-state index is 12.9. The second-order valence-electron chi connectivity index (χ2n) is 8.16. The molecule has 0 unspecified atom stereocenters. The average Bonchev–Trinajstić information content (AvgIpc) is 3.47. The van der Waals surface area contributed by atoms with Crippen LogP contribution in [0.25, 0.3) is 16.7 Å². The fourth-order valence-corrected chi connectivity index (χ4v) is 4.27. The van der Waals surface area contributed by atoms with Crippen LogP contribution in [0.2, 0.25) is 0 Å². The summed E-state index contributed by atoms with van der Waals surface area (Å²) in [6.07, 6.45) is 2.27. The zero-order chi connectivity index (χ0) is 23.9. The third kappa shape index (κ3) is 4.04. The number of rotatable bonds is 4. The molecule has 3 N–H and O–H groups in total. The lowest BCUT2D eigenvalue weighted by Gasteiger charge is -2.10. The van der Waals surface area contributed by atoms with Crippen LogP contribution in [0.5, 0.6) is 0 Å². The number of hydrogen-bond acceptors (Lipinski definition) is 6. The maximum Gasteiger partial charge on any atom is 0.416 e. The van der Waals surface area contributed by atoms with Crippen LogP contribution in [0, 0.1) is 0 Å². The summed E-state index contributed by atoms with van der Waals surface area (Å²) < 4.78 is 40.4. The highest BCUT2D eigenvalue weighted by molar-refractivity contribution is 6.04. The molecular formula is C23H20F3N7O. The first-order valence-corrected chi connectivity index (χ1v) is 10.8. The highest BCUT2D eigenvalue weighted by Gasteiger charge is 2.31. The number of alkyl halides is 3. The lowest BCUT2D eigenvalue weighted by Crippen LogP contribution is -2.14. The molecule has 0 saturated heterocycles. The maximum absolute atomic E-state index is 12.9. The van der Waals surface area contributed by atoms with Gasteiger partial charge in [-0.15, -0.1) is 0 Å². The predicted molar refractivity (Wildman–Crippen MR) is 119 cm³/mol. The number of amides is 1. The number of hydrogen-bond donors (Lipinski definition) is 2. The highest BCUT2D eigenvalue weighted by Crippen LogP contribution is 2.37. The van der Waals surface area contributed by atoms with E-state index in [9.17, 15) is 18.0 Å². The summed E-state index contributed by atoms with van der Waals surface area (Å²) in [5, 5.41) is 7.19. The molecule has 3 heterocycles. The SMILES string of the molecule is Nc1ncnc2c(C3CCCC3)nn(-c3ccc(C(=O)Nc4cc(C(F)(F)F)ccn4)cc3)c12. The van der Waals surface area contributed by atoms with E-state index in [-0.39, 0.29) is 11.4 Å². The number of nitrogen functional groups attached to an aromatic ring is 1. The van der Waals surface area contributed by atoms with Gasteiger partial charge in [-0.25, -0.2) is 19.6 Å². The molecule has 0 aliphatic heterocycles. The molecule has 1 saturated carbocycles. The number of benzene rings is 1. The molecular weight excluding hydrogens is 447 g/mol. The van der Waals surface area contributed by atoms with Crippen LogP contribution in [-0.2, 0) is 6.18 Å². The first-order chi connectivity index (χ1) is 16.3. The minimum atomic E-state index is -4.53. The Hall–Kier alpha value is -4.02. The Labute approximate surface area is 192 Å². The number of fused-ring (bicyclic) bond motifs is 1. The number of carbonyl (C=O) groups is 1. The predicted octanol–water partition coefficient (Wildman–Crippen LogP) is 4.72. The van der Waals surface area contributed by atoms with Gasteiger partial charge in [-0.05, 0) is 49.2 Å². The van der Waals surface area contributed by atoms with E-state index in [0.717, 1.165) is 55.2 Å². The Balaban J connectivity index is 1.43. The van der Waals surface area contributed by atoms with Crippen molar-refractivity contribution in [1.29, 1.82) is 0 Å². The van der Waals surface area contributed by atoms with Crippen molar-refractivity contribution < 1.29 is 18.0 Å². The van der Waals surface area contributed by atoms with E-state index in [2.05, 4.69) is 20.3 Å². The lowest BCUT2D eigenvalue weighted by atomic mass is 10.0. The van der Waals surface area contributed by atoms with Crippen LogP contribution in [0.1, 0.15) is 53.2 Å². The number of nitrogens with two attached hydrogens (primary N) is 1. The number of nitrogens with one attached hydrogen (secondary N) is 1. The number of anilines is 2. The second-order valence-corrected chi connectivity index (χ2v) is 8.16. The quantitative estimate of drug-likeness (QED) is 0.449. The van der Waals surface area contributed by atoms with E-state index in [1.807, 2.05) is 0 Å². The molecule has 1 aliphatic carbocycles. The topological polar surface area (TPSA) is 112 Å². The molecule has 0 radical (unpaired) electrons. The van der Waals surface area contributed by atoms with Crippen molar-refractivity contribution in [2.75, 3.05) is 11.1 Å². The molecule has 1 aliphatic rings. The Kier molecular flexibility index (Phi) is 5.39. The summed E-state index contributed by atoms with van der Waals surface area (Å²) in [6.45, 7) is 0. The van der Waals surface area contributed by atoms with Gasteiger partial charge < -0.3 is 11.1 Å². The normalized spacial score (nSPS) is 14.6. The van der Waals surface area contributed by atoms with E-state index >= 15 is 0 Å². The molecule has 1 amide bonds. The molecule has 4 aromatic rings. The van der Waals surface area contributed by atoms with Gasteiger partial charge in [0.15, 0.2) is 5.82 Å². The van der Waals surface area contributed by atoms with Gasteiger partial charge in [0.05, 0.1) is 16.9 Å². The molecule has 0 bridgehead atoms. The second kappa shape index (κ2) is 8.40. The molecule has 3 aromatic heterocycles. The minimum Gasteiger partial charge on any atom is -0.382 e. The number of nitrogens with zero attached hydrogens (tertiary/aromatic N) is 5. The van der Waals surface area contributed by atoms with Gasteiger partial charge in [0.25, 0.3) is 5.91 Å². The van der Waals surface area contributed by atoms with E-state index in [1.165, 1.54) is 6.33 Å². The summed E-state index contributed by atoms with van der Waals surface area (Å²) in [5.41, 5.74) is 8.38. The summed E-state index contributed by atoms with van der Waals surface area (Å²) in [5.74, 6) is -0.159. The lowest BCUT2D eigenvalue weighted by molar-refractivity contribution is -0.137. The molecule has 0 spiro atoms. The van der Waals surface area contributed by atoms with Crippen LogP contribution in [0.3, 0.4) is 0 Å². The van der Waals surface area contributed by atoms with Gasteiger partial charge in [-0.2, -0.15) is 18.3 Å². The van der Waals surface area contributed by atoms with E-state index in [0.29, 0.717) is 22.9 Å². The Bertz CT molecular complexity index is 1360. The largest absolute Gasteiger partial charge is 0.416 e. The Morgan fingerprint density at radius 1 is 1.06 bits per heavy atom. The third-order valence-corrected chi connectivity index (χ3v) is 5.96. The number of halogens is 3. The van der Waals surface area contributed by atoms with Crippen LogP contribution in [0.4, 0.5) is 24.8 Å². The summed E-state index contributed by atoms with van der Waals surface area (Å²) in [7, 11) is 0. The summed E-state index contributed by atoms with van der Waals surface area (Å²) in [4.78, 5) is 24.9. The van der Waals surface area contributed by atoms with Gasteiger partial charge in [0.2, 0.25) is 0 Å². The van der Waals surface area contributed by atoms with Gasteiger partial charge in [0, 0.05) is 17.7 Å². The molecule has 1 fully saturated rings. The first-order valence-electron chi connectivity index (χ1n) is 10.8. The molecule has 11 heteroatoms. The smallest absolute Gasteiger partial charge is 0.382 e. The van der Waals surface area contributed by atoms with E-state index in [4.69, 9.17) is 10.8 Å². The zero-order valence-electron chi connectivity index (χ0n) is 17.9. The zero-order valence-corrected chi connectivity index (χ0v) is 17.9. The summed E-state index contributed by atoms with van der Waals surface area (Å²) >= 11 is 0. The average molecular weight is 467 g/mol. The van der Waals surface area contributed by atoms with Gasteiger partial charge in [0.1, 0.15) is 23.2 Å². The first kappa shape index (κ1) is 21.8. The molecule has 174 valence electrons. The third-order valence-electron chi connectivity index (χ3n) is 5.96. The van der Waals surface area contributed by atoms with Gasteiger partial charge in [-0.3, -0.25) is 4.79 Å². The summed E-state index contributed by atoms with van der Waals surface area (Å²) in [6, 6.07) is 8.11. The molecule has 0 atom stereocenters. The van der Waals surface area contributed by atoms with Crippen LogP contribution >= 0.6 is 0 Å². The molecule has 34 heavy (non-hydrogen) atoms. The standard InChI is InChI=1S/C23H20F3N7O/c24-23(25,26)15-9-10-28-17(11-15)31-22(34)14-5-7-16(8-6-14)33-20-19(29-12-30-21(20)27)18(32-33)13-3-1-2-4-13/h5-13H,1-4H2,(H2,27,29,30)(H,28,31,34). The van der Waals surface area contributed by atoms with Crippen molar-refractivity contribution in [2.24, 2.45) is 0 Å². The fourth-order valence-electron chi connectivity index (χ4n) is 4.27. The molecule has 5 rings (SSSR count). The van der Waals surface area contributed by atoms with Crippen molar-refractivity contribution in [3.05, 3.63) is 65.7 Å². The van der Waals surface area contributed by atoms with Crippen LogP contribution < -0.4 is 11.1 Å². The Morgan fingerprint density at radius 3 is 2.50 bits per heavy atom. The van der Waals surface area contributed by atoms with Crippen LogP contribution in [-0.4, -0.2) is 30.6 Å². The fraction of sp³-hybridized carbons (Fsp3) is 0.261. The van der Waals surface area contributed by atoms with E-state index in [1.54, 1.807) is 28.9 Å². The van der Waals surface area contributed by atoms with Crippen molar-refractivity contribution in [3.63, 3.8) is 0 Å². The number of pyridine rings is 1. The monoisotopic (exact) mass is 467 g/mol. The van der Waals surface area contributed by atoms with Crippen molar-refractivity contribution in [2.45, 2.75) is 37.8 Å². The van der Waals surface area contributed by atoms with Crippen molar-refractivity contribution >= 4 is 28.6 Å². The van der Waals surface area contributed by atoms with Gasteiger partial charge in [-0.1, -0.05) is 12.8 Å². The number of aromatic nitrogens is 5. The molecule has 8 nitrogen and oxygen atoms in total. The van der Waals surface area contributed by atoms with Crippen LogP contribution in [0.15, 0.2) is 48.9 Å². The Morgan fingerprint density at radius 2 is 1.79 bits per heavy atom. The van der Waals surface area contributed by atoms with Gasteiger partial charge >= 0.3 is 6.18 Å². The van der Waals surface area contributed by atoms with E-state index < -0.39 is 17.6 Å². The molecule has 1 aromatic carbocycles.